The summed E-state index contributed by atoms with van der Waals surface area (Å²) in [6.07, 6.45) is 0. The van der Waals surface area contributed by atoms with Crippen LogP contribution >= 0.6 is 23.2 Å². The Bertz CT molecular complexity index is 946. The van der Waals surface area contributed by atoms with E-state index in [0.717, 1.165) is 0 Å². The molecule has 0 aliphatic heterocycles. The first-order chi connectivity index (χ1) is 12.1. The molecule has 2 aromatic rings. The zero-order valence-corrected chi connectivity index (χ0v) is 15.8. The lowest BCUT2D eigenvalue weighted by atomic mass is 10.2. The van der Waals surface area contributed by atoms with Gasteiger partial charge in [-0.05, 0) is 49.4 Å². The molecule has 7 nitrogen and oxygen atoms in total. The number of halogens is 2. The van der Waals surface area contributed by atoms with E-state index in [1.54, 1.807) is 0 Å². The van der Waals surface area contributed by atoms with Crippen molar-refractivity contribution in [3.63, 3.8) is 0 Å². The van der Waals surface area contributed by atoms with Crippen molar-refractivity contribution in [3.05, 3.63) is 58.1 Å². The van der Waals surface area contributed by atoms with Crippen molar-refractivity contribution in [2.24, 2.45) is 5.73 Å². The third-order valence-electron chi connectivity index (χ3n) is 3.34. The van der Waals surface area contributed by atoms with Gasteiger partial charge >= 0.3 is 0 Å². The van der Waals surface area contributed by atoms with Crippen molar-refractivity contribution in [2.45, 2.75) is 17.9 Å². The molecule has 2 amide bonds. The van der Waals surface area contributed by atoms with Gasteiger partial charge in [0.1, 0.15) is 4.90 Å². The molecular weight excluding hydrogens is 401 g/mol. The number of amides is 2. The average Bonchev–Trinajstić information content (AvgIpc) is 2.57. The predicted molar refractivity (Wildman–Crippen MR) is 99.8 cm³/mol. The van der Waals surface area contributed by atoms with Crippen LogP contribution in [0, 0.1) is 0 Å². The fraction of sp³-hybridized carbons (Fsp3) is 0.125. The van der Waals surface area contributed by atoms with Gasteiger partial charge in [0.15, 0.2) is 0 Å². The van der Waals surface area contributed by atoms with Gasteiger partial charge in [0.2, 0.25) is 21.8 Å². The average molecular weight is 416 g/mol. The number of carbonyl (C=O) groups is 2. The highest BCUT2D eigenvalue weighted by Gasteiger charge is 2.24. The molecule has 10 heteroatoms. The maximum Gasteiger partial charge on any atom is 0.248 e. The highest BCUT2D eigenvalue weighted by atomic mass is 35.5. The molecule has 2 rings (SSSR count). The quantitative estimate of drug-likeness (QED) is 0.670. The summed E-state index contributed by atoms with van der Waals surface area (Å²) in [5.74, 6) is -1.19. The number of hydrogen-bond donors (Lipinski definition) is 3. The fourth-order valence-corrected chi connectivity index (χ4v) is 3.97. The highest BCUT2D eigenvalue weighted by Crippen LogP contribution is 2.25. The van der Waals surface area contributed by atoms with Crippen LogP contribution in [0.1, 0.15) is 17.3 Å². The minimum atomic E-state index is -4.06. The van der Waals surface area contributed by atoms with E-state index >= 15 is 0 Å². The lowest BCUT2D eigenvalue weighted by Gasteiger charge is -2.15. The first-order valence-corrected chi connectivity index (χ1v) is 9.52. The second kappa shape index (κ2) is 8.05. The van der Waals surface area contributed by atoms with Crippen molar-refractivity contribution < 1.29 is 18.0 Å². The largest absolute Gasteiger partial charge is 0.366 e. The second-order valence-corrected chi connectivity index (χ2v) is 7.87. The first kappa shape index (κ1) is 20.2. The maximum atomic E-state index is 12.4. The molecule has 0 bridgehead atoms. The molecular formula is C16H15Cl2N3O4S. The molecule has 0 heterocycles. The number of hydrogen-bond acceptors (Lipinski definition) is 4. The van der Waals surface area contributed by atoms with Crippen LogP contribution < -0.4 is 15.8 Å². The van der Waals surface area contributed by atoms with E-state index in [1.807, 2.05) is 0 Å². The number of nitrogens with one attached hydrogen (secondary N) is 2. The zero-order chi connectivity index (χ0) is 19.5. The SMILES string of the molecule is CC(NS(=O)(=O)c1cc(Cl)ccc1Cl)C(=O)Nc1ccc(C(N)=O)cc1. The van der Waals surface area contributed by atoms with E-state index in [0.29, 0.717) is 5.69 Å². The van der Waals surface area contributed by atoms with Gasteiger partial charge in [-0.15, -0.1) is 0 Å². The monoisotopic (exact) mass is 415 g/mol. The van der Waals surface area contributed by atoms with Gasteiger partial charge in [0.25, 0.3) is 0 Å². The molecule has 1 atom stereocenters. The van der Waals surface area contributed by atoms with E-state index in [4.69, 9.17) is 28.9 Å². The van der Waals surface area contributed by atoms with Crippen LogP contribution in [0.25, 0.3) is 0 Å². The van der Waals surface area contributed by atoms with Crippen LogP contribution in [0.15, 0.2) is 47.4 Å². The number of anilines is 1. The third kappa shape index (κ3) is 4.95. The summed E-state index contributed by atoms with van der Waals surface area (Å²) < 4.78 is 27.0. The standard InChI is InChI=1S/C16H15Cl2N3O4S/c1-9(16(23)20-12-5-2-10(3-6-12)15(19)22)21-26(24,25)14-8-11(17)4-7-13(14)18/h2-9,21H,1H3,(H2,19,22)(H,20,23). The molecule has 0 aliphatic rings. The zero-order valence-electron chi connectivity index (χ0n) is 13.5. The van der Waals surface area contributed by atoms with E-state index in [1.165, 1.54) is 49.4 Å². The van der Waals surface area contributed by atoms with E-state index in [9.17, 15) is 18.0 Å². The summed E-state index contributed by atoms with van der Waals surface area (Å²) in [5.41, 5.74) is 5.80. The highest BCUT2D eigenvalue weighted by molar-refractivity contribution is 7.89. The lowest BCUT2D eigenvalue weighted by Crippen LogP contribution is -2.41. The van der Waals surface area contributed by atoms with E-state index in [-0.39, 0.29) is 20.5 Å². The molecule has 26 heavy (non-hydrogen) atoms. The van der Waals surface area contributed by atoms with Gasteiger partial charge < -0.3 is 11.1 Å². The molecule has 0 radical (unpaired) electrons. The number of benzene rings is 2. The van der Waals surface area contributed by atoms with Gasteiger partial charge in [-0.1, -0.05) is 23.2 Å². The summed E-state index contributed by atoms with van der Waals surface area (Å²) in [5, 5.41) is 2.71. The molecule has 0 aromatic heterocycles. The third-order valence-corrected chi connectivity index (χ3v) is 5.60. The van der Waals surface area contributed by atoms with Crippen LogP contribution in [-0.4, -0.2) is 26.3 Å². The summed E-state index contributed by atoms with van der Waals surface area (Å²) in [6, 6.07) is 8.75. The maximum absolute atomic E-state index is 12.4. The van der Waals surface area contributed by atoms with E-state index < -0.39 is 27.9 Å². The Kier molecular flexibility index (Phi) is 6.25. The molecule has 4 N–H and O–H groups in total. The number of sulfonamides is 1. The molecule has 0 saturated heterocycles. The van der Waals surface area contributed by atoms with Crippen molar-refractivity contribution in [1.82, 2.24) is 4.72 Å². The Morgan fingerprint density at radius 3 is 2.27 bits per heavy atom. The summed E-state index contributed by atoms with van der Waals surface area (Å²) in [7, 11) is -4.06. The molecule has 0 spiro atoms. The van der Waals surface area contributed by atoms with Gasteiger partial charge in [-0.3, -0.25) is 9.59 Å². The normalized spacial score (nSPS) is 12.4. The minimum absolute atomic E-state index is 0.0171. The van der Waals surface area contributed by atoms with Gasteiger partial charge in [0, 0.05) is 16.3 Å². The van der Waals surface area contributed by atoms with E-state index in [2.05, 4.69) is 10.0 Å². The topological polar surface area (TPSA) is 118 Å². The number of carbonyl (C=O) groups excluding carboxylic acids is 2. The Hall–Kier alpha value is -2.13. The summed E-state index contributed by atoms with van der Waals surface area (Å²) in [4.78, 5) is 23.0. The molecule has 0 saturated carbocycles. The van der Waals surface area contributed by atoms with Crippen LogP contribution in [-0.2, 0) is 14.8 Å². The molecule has 0 fully saturated rings. The Morgan fingerprint density at radius 2 is 1.69 bits per heavy atom. The van der Waals surface area contributed by atoms with Crippen molar-refractivity contribution in [1.29, 1.82) is 0 Å². The molecule has 0 aliphatic carbocycles. The van der Waals surface area contributed by atoms with Gasteiger partial charge in [-0.2, -0.15) is 4.72 Å². The molecule has 138 valence electrons. The summed E-state index contributed by atoms with van der Waals surface area (Å²) in [6.45, 7) is 1.38. The van der Waals surface area contributed by atoms with Crippen LogP contribution in [0.3, 0.4) is 0 Å². The summed E-state index contributed by atoms with van der Waals surface area (Å²) >= 11 is 11.7. The fourth-order valence-electron chi connectivity index (χ4n) is 2.00. The smallest absolute Gasteiger partial charge is 0.248 e. The molecule has 2 aromatic carbocycles. The van der Waals surface area contributed by atoms with Crippen molar-refractivity contribution in [3.8, 4) is 0 Å². The first-order valence-electron chi connectivity index (χ1n) is 7.28. The Balaban J connectivity index is 2.10. The van der Waals surface area contributed by atoms with Crippen molar-refractivity contribution in [2.75, 3.05) is 5.32 Å². The second-order valence-electron chi connectivity index (χ2n) is 5.35. The number of primary amides is 1. The lowest BCUT2D eigenvalue weighted by molar-refractivity contribution is -0.117. The van der Waals surface area contributed by atoms with Crippen LogP contribution in [0.2, 0.25) is 10.0 Å². The Labute approximate surface area is 160 Å². The number of rotatable bonds is 6. The molecule has 1 unspecified atom stereocenters. The Morgan fingerprint density at radius 1 is 1.08 bits per heavy atom. The van der Waals surface area contributed by atoms with Crippen LogP contribution in [0.5, 0.6) is 0 Å². The predicted octanol–water partition coefficient (Wildman–Crippen LogP) is 2.40. The minimum Gasteiger partial charge on any atom is -0.366 e. The number of nitrogens with two attached hydrogens (primary N) is 1. The van der Waals surface area contributed by atoms with Crippen LogP contribution in [0.4, 0.5) is 5.69 Å². The van der Waals surface area contributed by atoms with Gasteiger partial charge in [-0.25, -0.2) is 8.42 Å². The van der Waals surface area contributed by atoms with Crippen molar-refractivity contribution >= 4 is 50.7 Å². The van der Waals surface area contributed by atoms with Gasteiger partial charge in [0.05, 0.1) is 11.1 Å².